The third-order valence-corrected chi connectivity index (χ3v) is 5.25. The Labute approximate surface area is 160 Å². The van der Waals surface area contributed by atoms with Crippen LogP contribution in [0.4, 0.5) is 5.82 Å². The Morgan fingerprint density at radius 2 is 1.69 bits per heavy atom. The van der Waals surface area contributed by atoms with Crippen LogP contribution >= 0.6 is 11.6 Å². The van der Waals surface area contributed by atoms with Gasteiger partial charge in [-0.3, -0.25) is 0 Å². The highest BCUT2D eigenvalue weighted by atomic mass is 35.5. The van der Waals surface area contributed by atoms with Crippen molar-refractivity contribution in [2.45, 2.75) is 32.4 Å². The summed E-state index contributed by atoms with van der Waals surface area (Å²) >= 11 is 5.97. The van der Waals surface area contributed by atoms with E-state index in [4.69, 9.17) is 16.6 Å². The van der Waals surface area contributed by atoms with Crippen LogP contribution in [0.15, 0.2) is 54.6 Å². The number of para-hydroxylation sites is 1. The number of halogens is 1. The topological polar surface area (TPSA) is 28.2 Å². The number of hydrogen-bond donors (Lipinski definition) is 1. The van der Waals surface area contributed by atoms with Gasteiger partial charge in [-0.25, -0.2) is 4.98 Å². The molecule has 3 nitrogen and oxygen atoms in total. The molecule has 1 N–H and O–H groups in total. The maximum absolute atomic E-state index is 5.97. The summed E-state index contributed by atoms with van der Waals surface area (Å²) in [7, 11) is 0. The molecule has 26 heavy (non-hydrogen) atoms. The van der Waals surface area contributed by atoms with Crippen LogP contribution in [0, 0.1) is 0 Å². The molecule has 1 aliphatic heterocycles. The largest absolute Gasteiger partial charge is 0.356 e. The lowest BCUT2D eigenvalue weighted by atomic mass is 10.1. The Kier molecular flexibility index (Phi) is 5.37. The molecule has 0 aliphatic carbocycles. The number of fused-ring (bicyclic) bond motifs is 1. The molecule has 2 aromatic carbocycles. The van der Waals surface area contributed by atoms with Crippen molar-refractivity contribution in [3.63, 3.8) is 0 Å². The first-order chi connectivity index (χ1) is 12.8. The molecule has 3 aromatic rings. The van der Waals surface area contributed by atoms with Gasteiger partial charge in [0.05, 0.1) is 5.52 Å². The van der Waals surface area contributed by atoms with Crippen molar-refractivity contribution >= 4 is 28.3 Å². The van der Waals surface area contributed by atoms with Crippen molar-refractivity contribution in [3.8, 4) is 0 Å². The van der Waals surface area contributed by atoms with E-state index in [1.807, 2.05) is 12.1 Å². The first-order valence-electron chi connectivity index (χ1n) is 9.38. The lowest BCUT2D eigenvalue weighted by molar-refractivity contribution is 0.570. The third-order valence-electron chi connectivity index (χ3n) is 4.99. The van der Waals surface area contributed by atoms with Gasteiger partial charge in [0, 0.05) is 42.2 Å². The van der Waals surface area contributed by atoms with Crippen molar-refractivity contribution in [2.75, 3.05) is 18.0 Å². The zero-order valence-corrected chi connectivity index (χ0v) is 15.7. The molecule has 0 spiro atoms. The number of hydrogen-bond acceptors (Lipinski definition) is 3. The molecular formula is C22H24ClN3. The van der Waals surface area contributed by atoms with Crippen LogP contribution in [0.25, 0.3) is 10.9 Å². The summed E-state index contributed by atoms with van der Waals surface area (Å²) in [6.45, 7) is 3.85. The van der Waals surface area contributed by atoms with Crippen LogP contribution in [0.5, 0.6) is 0 Å². The Bertz CT molecular complexity index is 870. The first-order valence-corrected chi connectivity index (χ1v) is 9.76. The summed E-state index contributed by atoms with van der Waals surface area (Å²) in [6.07, 6.45) is 3.84. The minimum atomic E-state index is 0.778. The van der Waals surface area contributed by atoms with Crippen molar-refractivity contribution in [2.24, 2.45) is 0 Å². The van der Waals surface area contributed by atoms with Crippen molar-refractivity contribution < 1.29 is 0 Å². The maximum atomic E-state index is 5.97. The highest BCUT2D eigenvalue weighted by molar-refractivity contribution is 6.30. The summed E-state index contributed by atoms with van der Waals surface area (Å²) in [5.41, 5.74) is 3.59. The van der Waals surface area contributed by atoms with E-state index in [2.05, 4.69) is 52.7 Å². The zero-order valence-electron chi connectivity index (χ0n) is 14.9. The molecule has 0 saturated carbocycles. The Balaban J connectivity index is 1.56. The Hall–Kier alpha value is -2.10. The second-order valence-electron chi connectivity index (χ2n) is 6.94. The van der Waals surface area contributed by atoms with Crippen molar-refractivity contribution in [1.82, 2.24) is 10.3 Å². The third kappa shape index (κ3) is 4.00. The summed E-state index contributed by atoms with van der Waals surface area (Å²) in [5, 5.41) is 5.55. The molecule has 2 heterocycles. The molecule has 0 radical (unpaired) electrons. The molecule has 4 heteroatoms. The van der Waals surface area contributed by atoms with Gasteiger partial charge < -0.3 is 10.2 Å². The van der Waals surface area contributed by atoms with Crippen LogP contribution in [0.1, 0.15) is 30.4 Å². The lowest BCUT2D eigenvalue weighted by Gasteiger charge is -2.30. The SMILES string of the molecule is Clc1ccc(CNCc2cc3ccccc3nc2N2CCCCC2)cc1. The molecule has 1 saturated heterocycles. The van der Waals surface area contributed by atoms with E-state index < -0.39 is 0 Å². The fraction of sp³-hybridized carbons (Fsp3) is 0.318. The van der Waals surface area contributed by atoms with Gasteiger partial charge in [0.1, 0.15) is 5.82 Å². The van der Waals surface area contributed by atoms with Gasteiger partial charge in [0.15, 0.2) is 0 Å². The number of anilines is 1. The summed E-state index contributed by atoms with van der Waals surface area (Å²) in [4.78, 5) is 7.46. The number of rotatable bonds is 5. The van der Waals surface area contributed by atoms with Crippen LogP contribution in [-0.4, -0.2) is 18.1 Å². The molecular weight excluding hydrogens is 342 g/mol. The van der Waals surface area contributed by atoms with Crippen LogP contribution in [0.3, 0.4) is 0 Å². The van der Waals surface area contributed by atoms with Gasteiger partial charge in [-0.15, -0.1) is 0 Å². The first kappa shape index (κ1) is 17.3. The summed E-state index contributed by atoms with van der Waals surface area (Å²) in [6, 6.07) is 18.7. The van der Waals surface area contributed by atoms with E-state index in [0.29, 0.717) is 0 Å². The molecule has 1 aromatic heterocycles. The average Bonchev–Trinajstić information content (AvgIpc) is 2.69. The number of nitrogens with zero attached hydrogens (tertiary/aromatic N) is 2. The zero-order chi connectivity index (χ0) is 17.8. The summed E-state index contributed by atoms with van der Waals surface area (Å²) in [5.74, 6) is 1.15. The molecule has 0 unspecified atom stereocenters. The standard InChI is InChI=1S/C22H24ClN3/c23-20-10-8-17(9-11-20)15-24-16-19-14-18-6-2-3-7-21(18)25-22(19)26-12-4-1-5-13-26/h2-3,6-11,14,24H,1,4-5,12-13,15-16H2. The minimum absolute atomic E-state index is 0.778. The second kappa shape index (κ2) is 8.07. The van der Waals surface area contributed by atoms with Crippen molar-refractivity contribution in [3.05, 3.63) is 70.7 Å². The smallest absolute Gasteiger partial charge is 0.133 e. The normalized spacial score (nSPS) is 14.7. The van der Waals surface area contributed by atoms with Crippen LogP contribution in [0.2, 0.25) is 5.02 Å². The minimum Gasteiger partial charge on any atom is -0.356 e. The lowest BCUT2D eigenvalue weighted by Crippen LogP contribution is -2.31. The second-order valence-corrected chi connectivity index (χ2v) is 7.38. The fourth-order valence-electron chi connectivity index (χ4n) is 3.60. The van der Waals surface area contributed by atoms with E-state index in [1.165, 1.54) is 35.8 Å². The molecule has 0 bridgehead atoms. The van der Waals surface area contributed by atoms with E-state index in [0.717, 1.165) is 42.5 Å². The van der Waals surface area contributed by atoms with Gasteiger partial charge in [-0.1, -0.05) is 41.9 Å². The van der Waals surface area contributed by atoms with E-state index in [9.17, 15) is 0 Å². The number of aromatic nitrogens is 1. The molecule has 134 valence electrons. The van der Waals surface area contributed by atoms with Crippen molar-refractivity contribution in [1.29, 1.82) is 0 Å². The predicted molar refractivity (Wildman–Crippen MR) is 110 cm³/mol. The highest BCUT2D eigenvalue weighted by Gasteiger charge is 2.16. The molecule has 0 atom stereocenters. The van der Waals surface area contributed by atoms with Gasteiger partial charge in [0.25, 0.3) is 0 Å². The Morgan fingerprint density at radius 3 is 2.50 bits per heavy atom. The number of benzene rings is 2. The average molecular weight is 366 g/mol. The molecule has 0 amide bonds. The van der Waals surface area contributed by atoms with Gasteiger partial charge in [-0.05, 0) is 49.1 Å². The quantitative estimate of drug-likeness (QED) is 0.676. The number of piperidine rings is 1. The maximum Gasteiger partial charge on any atom is 0.133 e. The summed E-state index contributed by atoms with van der Waals surface area (Å²) < 4.78 is 0. The predicted octanol–water partition coefficient (Wildman–Crippen LogP) is 5.17. The van der Waals surface area contributed by atoms with Gasteiger partial charge >= 0.3 is 0 Å². The Morgan fingerprint density at radius 1 is 0.923 bits per heavy atom. The van der Waals surface area contributed by atoms with E-state index >= 15 is 0 Å². The van der Waals surface area contributed by atoms with Gasteiger partial charge in [0.2, 0.25) is 0 Å². The van der Waals surface area contributed by atoms with E-state index in [1.54, 1.807) is 0 Å². The van der Waals surface area contributed by atoms with E-state index in [-0.39, 0.29) is 0 Å². The van der Waals surface area contributed by atoms with Crippen LogP contribution in [-0.2, 0) is 13.1 Å². The number of pyridine rings is 1. The monoisotopic (exact) mass is 365 g/mol. The molecule has 4 rings (SSSR count). The highest BCUT2D eigenvalue weighted by Crippen LogP contribution is 2.26. The molecule has 1 aliphatic rings. The fourth-order valence-corrected chi connectivity index (χ4v) is 3.73. The number of nitrogens with one attached hydrogen (secondary N) is 1. The van der Waals surface area contributed by atoms with Crippen LogP contribution < -0.4 is 10.2 Å². The van der Waals surface area contributed by atoms with Gasteiger partial charge in [-0.2, -0.15) is 0 Å². The molecule has 1 fully saturated rings.